The molecule has 0 saturated heterocycles. The van der Waals surface area contributed by atoms with Crippen LogP contribution in [0.25, 0.3) is 0 Å². The molecule has 5 rings (SSSR count). The lowest BCUT2D eigenvalue weighted by atomic mass is 9.49. The molecule has 0 aliphatic heterocycles. The van der Waals surface area contributed by atoms with Crippen molar-refractivity contribution < 1.29 is 4.79 Å². The predicted octanol–water partition coefficient (Wildman–Crippen LogP) is 3.16. The lowest BCUT2D eigenvalue weighted by Crippen LogP contribution is -2.49. The van der Waals surface area contributed by atoms with Gasteiger partial charge in [-0.3, -0.25) is 15.1 Å². The van der Waals surface area contributed by atoms with Gasteiger partial charge in [0.25, 0.3) is 5.56 Å². The molecule has 4 bridgehead atoms. The number of nitrogens with one attached hydrogen (secondary N) is 3. The number of H-pyrrole nitrogens is 1. The van der Waals surface area contributed by atoms with Crippen LogP contribution in [0.4, 0.5) is 10.7 Å². The van der Waals surface area contributed by atoms with Crippen LogP contribution in [-0.2, 0) is 5.41 Å². The Labute approximate surface area is 148 Å². The summed E-state index contributed by atoms with van der Waals surface area (Å²) < 4.78 is 0. The monoisotopic (exact) mass is 344 g/mol. The van der Waals surface area contributed by atoms with E-state index in [0.717, 1.165) is 55.6 Å². The maximum Gasteiger partial charge on any atom is 0.321 e. The minimum atomic E-state index is -0.306. The Kier molecular flexibility index (Phi) is 4.29. The molecule has 136 valence electrons. The van der Waals surface area contributed by atoms with Crippen molar-refractivity contribution in [2.75, 3.05) is 11.9 Å². The van der Waals surface area contributed by atoms with E-state index < -0.39 is 0 Å². The molecule has 4 aliphatic rings. The number of urea groups is 1. The van der Waals surface area contributed by atoms with Crippen LogP contribution < -0.4 is 16.2 Å². The Morgan fingerprint density at radius 3 is 2.48 bits per heavy atom. The first-order valence-corrected chi connectivity index (χ1v) is 9.73. The van der Waals surface area contributed by atoms with Gasteiger partial charge in [-0.15, -0.1) is 0 Å². The molecule has 0 radical (unpaired) electrons. The largest absolute Gasteiger partial charge is 0.338 e. The van der Waals surface area contributed by atoms with Gasteiger partial charge in [-0.05, 0) is 62.7 Å². The molecular weight excluding hydrogens is 316 g/mol. The number of aromatic amines is 1. The quantitative estimate of drug-likeness (QED) is 0.717. The molecule has 6 nitrogen and oxygen atoms in total. The molecule has 4 saturated carbocycles. The highest BCUT2D eigenvalue weighted by Gasteiger charge is 2.52. The van der Waals surface area contributed by atoms with Crippen LogP contribution in [0.2, 0.25) is 0 Å². The number of hydrogen-bond donors (Lipinski definition) is 3. The second-order valence-corrected chi connectivity index (χ2v) is 8.41. The topological polar surface area (TPSA) is 86.9 Å². The minimum Gasteiger partial charge on any atom is -0.338 e. The summed E-state index contributed by atoms with van der Waals surface area (Å²) in [6, 6.07) is 1.35. The highest BCUT2D eigenvalue weighted by atomic mass is 16.2. The summed E-state index contributed by atoms with van der Waals surface area (Å²) in [6.07, 6.45) is 9.47. The third-order valence-electron chi connectivity index (χ3n) is 6.37. The number of aromatic nitrogens is 2. The van der Waals surface area contributed by atoms with Gasteiger partial charge >= 0.3 is 6.03 Å². The van der Waals surface area contributed by atoms with Gasteiger partial charge in [0.15, 0.2) is 0 Å². The van der Waals surface area contributed by atoms with E-state index in [-0.39, 0.29) is 23.0 Å². The van der Waals surface area contributed by atoms with Crippen molar-refractivity contribution in [3.8, 4) is 0 Å². The number of carbonyl (C=O) groups is 1. The summed E-state index contributed by atoms with van der Waals surface area (Å²) in [5.41, 5.74) is 0.766. The Morgan fingerprint density at radius 2 is 1.88 bits per heavy atom. The van der Waals surface area contributed by atoms with Crippen LogP contribution in [0.1, 0.15) is 64.0 Å². The first kappa shape index (κ1) is 16.6. The van der Waals surface area contributed by atoms with Gasteiger partial charge in [0.05, 0.1) is 5.69 Å². The summed E-state index contributed by atoms with van der Waals surface area (Å²) >= 11 is 0. The smallest absolute Gasteiger partial charge is 0.321 e. The number of carbonyl (C=O) groups excluding carboxylic acids is 1. The molecular formula is C19H28N4O2. The molecule has 4 aliphatic carbocycles. The van der Waals surface area contributed by atoms with Crippen LogP contribution in [0.3, 0.4) is 0 Å². The van der Waals surface area contributed by atoms with Crippen molar-refractivity contribution in [1.82, 2.24) is 15.3 Å². The zero-order valence-corrected chi connectivity index (χ0v) is 14.9. The fraction of sp³-hybridized carbons (Fsp3) is 0.737. The average molecular weight is 344 g/mol. The maximum absolute atomic E-state index is 12.2. The van der Waals surface area contributed by atoms with Gasteiger partial charge in [-0.1, -0.05) is 13.3 Å². The van der Waals surface area contributed by atoms with Gasteiger partial charge < -0.3 is 5.32 Å². The molecule has 1 aromatic rings. The van der Waals surface area contributed by atoms with Gasteiger partial charge in [0, 0.05) is 18.0 Å². The van der Waals surface area contributed by atoms with E-state index in [4.69, 9.17) is 0 Å². The molecule has 6 heteroatoms. The summed E-state index contributed by atoms with van der Waals surface area (Å²) in [7, 11) is 0. The zero-order valence-electron chi connectivity index (χ0n) is 14.9. The molecule has 25 heavy (non-hydrogen) atoms. The van der Waals surface area contributed by atoms with Crippen LogP contribution in [0.15, 0.2) is 10.9 Å². The van der Waals surface area contributed by atoms with E-state index in [0.29, 0.717) is 6.54 Å². The molecule has 0 unspecified atom stereocenters. The molecule has 2 amide bonds. The lowest BCUT2D eigenvalue weighted by Gasteiger charge is -2.56. The Balaban J connectivity index is 1.54. The van der Waals surface area contributed by atoms with E-state index in [1.54, 1.807) is 6.07 Å². The van der Waals surface area contributed by atoms with E-state index >= 15 is 0 Å². The fourth-order valence-corrected chi connectivity index (χ4v) is 5.74. The Morgan fingerprint density at radius 1 is 1.24 bits per heavy atom. The average Bonchev–Trinajstić information content (AvgIpc) is 2.53. The minimum absolute atomic E-state index is 0.0537. The van der Waals surface area contributed by atoms with Gasteiger partial charge in [-0.2, -0.15) is 0 Å². The van der Waals surface area contributed by atoms with E-state index in [9.17, 15) is 9.59 Å². The van der Waals surface area contributed by atoms with Crippen molar-refractivity contribution in [3.05, 3.63) is 22.1 Å². The van der Waals surface area contributed by atoms with Gasteiger partial charge in [-0.25, -0.2) is 9.78 Å². The molecule has 3 N–H and O–H groups in total. The summed E-state index contributed by atoms with van der Waals surface area (Å²) in [4.78, 5) is 31.5. The lowest BCUT2D eigenvalue weighted by molar-refractivity contribution is -0.00724. The summed E-state index contributed by atoms with van der Waals surface area (Å²) in [5.74, 6) is 2.65. The van der Waals surface area contributed by atoms with Crippen LogP contribution in [0.5, 0.6) is 0 Å². The fourth-order valence-electron chi connectivity index (χ4n) is 5.74. The Bertz CT molecular complexity index is 676. The molecule has 0 spiro atoms. The third-order valence-corrected chi connectivity index (χ3v) is 6.37. The van der Waals surface area contributed by atoms with Gasteiger partial charge in [0.1, 0.15) is 0 Å². The van der Waals surface area contributed by atoms with E-state index in [1.807, 2.05) is 0 Å². The van der Waals surface area contributed by atoms with Gasteiger partial charge in [0.2, 0.25) is 5.95 Å². The van der Waals surface area contributed by atoms with Crippen molar-refractivity contribution in [2.45, 2.75) is 63.7 Å². The highest BCUT2D eigenvalue weighted by Crippen LogP contribution is 2.60. The normalized spacial score (nSPS) is 32.6. The molecule has 4 fully saturated rings. The third kappa shape index (κ3) is 3.31. The Hall–Kier alpha value is -1.85. The molecule has 1 aromatic heterocycles. The summed E-state index contributed by atoms with van der Waals surface area (Å²) in [6.45, 7) is 2.70. The second-order valence-electron chi connectivity index (χ2n) is 8.41. The first-order chi connectivity index (χ1) is 12.1. The van der Waals surface area contributed by atoms with Crippen LogP contribution in [0, 0.1) is 17.8 Å². The van der Waals surface area contributed by atoms with Crippen molar-refractivity contribution in [3.63, 3.8) is 0 Å². The number of unbranched alkanes of at least 4 members (excludes halogenated alkanes) is 1. The predicted molar refractivity (Wildman–Crippen MR) is 96.6 cm³/mol. The number of hydrogen-bond acceptors (Lipinski definition) is 3. The van der Waals surface area contributed by atoms with Crippen LogP contribution >= 0.6 is 0 Å². The maximum atomic E-state index is 12.2. The van der Waals surface area contributed by atoms with E-state index in [2.05, 4.69) is 27.5 Å². The standard InChI is InChI=1S/C19H28N4O2/c1-2-3-4-20-18(25)23-17-21-15(8-16(24)22-17)19-9-12-5-13(10-19)7-14(6-12)11-19/h8,12-14H,2-7,9-11H2,1H3,(H3,20,21,22,23,24,25). The van der Waals surface area contributed by atoms with E-state index in [1.165, 1.54) is 19.3 Å². The SMILES string of the molecule is CCCCNC(=O)Nc1nc(C23CC4CC(CC(C4)C2)C3)cc(=O)[nH]1. The highest BCUT2D eigenvalue weighted by molar-refractivity contribution is 5.87. The molecule has 1 heterocycles. The number of nitrogens with zero attached hydrogens (tertiary/aromatic N) is 1. The number of amides is 2. The zero-order chi connectivity index (χ0) is 17.4. The first-order valence-electron chi connectivity index (χ1n) is 9.73. The summed E-state index contributed by atoms with van der Waals surface area (Å²) in [5, 5.41) is 5.49. The second kappa shape index (κ2) is 6.46. The molecule has 0 aromatic carbocycles. The van der Waals surface area contributed by atoms with Crippen molar-refractivity contribution in [1.29, 1.82) is 0 Å². The van der Waals surface area contributed by atoms with Crippen LogP contribution in [-0.4, -0.2) is 22.5 Å². The molecule has 0 atom stereocenters. The van der Waals surface area contributed by atoms with Crippen molar-refractivity contribution in [2.24, 2.45) is 17.8 Å². The van der Waals surface area contributed by atoms with Crippen molar-refractivity contribution >= 4 is 12.0 Å². The number of rotatable bonds is 5. The number of anilines is 1.